The molecule has 5 heteroatoms. The van der Waals surface area contributed by atoms with E-state index in [4.69, 9.17) is 9.73 Å². The predicted octanol–water partition coefficient (Wildman–Crippen LogP) is 10.9. The predicted molar refractivity (Wildman–Crippen MR) is 176 cm³/mol. The molecule has 1 unspecified atom stereocenters. The minimum Gasteiger partial charge on any atom is -0.682 e. The number of aliphatic hydroxyl groups excluding tert-OH is 1. The Bertz CT molecular complexity index is 1720. The topological polar surface area (TPSA) is 64.5 Å². The largest absolute Gasteiger partial charge is 0.682 e. The standard InChI is InChI=1S/C30H27NO.C9H16O2.Ir/c1-18-14-25-22-8-4-5-9-28(22)32-30(25)26(15-18)29-23-13-12-21(19-6-2-3-7-19)16-24(23)27(17-31-29)20-10-11-20;1-6(2)8(10)5-9(11)7(3)4;/h4-5,8-9,12-14,16-17,19-20,29H,2-3,6-7,10-11H2,1H3;5-7,10H,1-4H3;/q-2;;/b;8-5-;. The molecule has 1 aromatic heterocycles. The number of hydrogen-bond acceptors (Lipinski definition) is 3. The molecule has 3 aromatic carbocycles. The molecule has 2 heterocycles. The summed E-state index contributed by atoms with van der Waals surface area (Å²) in [6, 6.07) is 21.3. The van der Waals surface area contributed by atoms with Gasteiger partial charge in [-0.3, -0.25) is 4.79 Å². The number of furan rings is 1. The second-order valence-electron chi connectivity index (χ2n) is 13.2. The molecular formula is C39H43IrNO3-2. The van der Waals surface area contributed by atoms with E-state index in [1.165, 1.54) is 77.6 Å². The fraction of sp³-hybridized carbons (Fsp3) is 0.410. The van der Waals surface area contributed by atoms with Gasteiger partial charge in [-0.15, -0.1) is 5.56 Å². The number of carbonyl (C=O) groups excluding carboxylic acids is 1. The van der Waals surface area contributed by atoms with Crippen molar-refractivity contribution in [3.05, 3.63) is 106 Å². The molecule has 4 aromatic rings. The molecule has 0 spiro atoms. The maximum atomic E-state index is 11.0. The van der Waals surface area contributed by atoms with Crippen molar-refractivity contribution in [1.82, 2.24) is 0 Å². The van der Waals surface area contributed by atoms with Crippen molar-refractivity contribution in [3.63, 3.8) is 0 Å². The van der Waals surface area contributed by atoms with Crippen LogP contribution in [0.15, 0.2) is 71.0 Å². The number of carbonyl (C=O) groups is 1. The Morgan fingerprint density at radius 3 is 2.36 bits per heavy atom. The minimum atomic E-state index is -0.0620. The zero-order chi connectivity index (χ0) is 30.2. The first-order valence-electron chi connectivity index (χ1n) is 16.0. The summed E-state index contributed by atoms with van der Waals surface area (Å²) in [7, 11) is 0. The van der Waals surface area contributed by atoms with Crippen molar-refractivity contribution >= 4 is 33.3 Å². The van der Waals surface area contributed by atoms with Crippen molar-refractivity contribution in [1.29, 1.82) is 0 Å². The summed E-state index contributed by atoms with van der Waals surface area (Å²) in [4.78, 5) is 11.0. The van der Waals surface area contributed by atoms with Gasteiger partial charge in [0.2, 0.25) is 0 Å². The quantitative estimate of drug-likeness (QED) is 0.121. The first-order chi connectivity index (χ1) is 20.7. The molecule has 3 aliphatic rings. The number of allylic oxidation sites excluding steroid dienone is 3. The van der Waals surface area contributed by atoms with Crippen molar-refractivity contribution in [3.8, 4) is 0 Å². The van der Waals surface area contributed by atoms with Gasteiger partial charge in [0, 0.05) is 49.0 Å². The van der Waals surface area contributed by atoms with Crippen molar-refractivity contribution in [2.45, 2.75) is 85.1 Å². The summed E-state index contributed by atoms with van der Waals surface area (Å²) in [6.07, 6.45) is 11.5. The zero-order valence-electron chi connectivity index (χ0n) is 26.4. The Hall–Kier alpha value is -3.14. The van der Waals surface area contributed by atoms with Gasteiger partial charge in [0.25, 0.3) is 0 Å². The number of hydrogen-bond donors (Lipinski definition) is 1. The summed E-state index contributed by atoms with van der Waals surface area (Å²) in [6.45, 7) is 9.45. The number of ketones is 1. The molecule has 2 aliphatic carbocycles. The Morgan fingerprint density at radius 1 is 0.955 bits per heavy atom. The Labute approximate surface area is 275 Å². The molecule has 44 heavy (non-hydrogen) atoms. The van der Waals surface area contributed by atoms with Gasteiger partial charge in [0.1, 0.15) is 5.58 Å². The van der Waals surface area contributed by atoms with Gasteiger partial charge >= 0.3 is 0 Å². The normalized spacial score (nSPS) is 18.5. The van der Waals surface area contributed by atoms with Gasteiger partial charge in [-0.2, -0.15) is 23.9 Å². The third-order valence-electron chi connectivity index (χ3n) is 9.18. The van der Waals surface area contributed by atoms with Crippen LogP contribution in [0.2, 0.25) is 0 Å². The van der Waals surface area contributed by atoms with Crippen molar-refractivity contribution < 1.29 is 34.4 Å². The minimum absolute atomic E-state index is 0. The van der Waals surface area contributed by atoms with Crippen LogP contribution in [0.3, 0.4) is 0 Å². The fourth-order valence-corrected chi connectivity index (χ4v) is 6.43. The molecule has 233 valence electrons. The number of benzene rings is 3. The van der Waals surface area contributed by atoms with E-state index in [1.54, 1.807) is 0 Å². The Morgan fingerprint density at radius 2 is 1.68 bits per heavy atom. The number of nitrogens with zero attached hydrogens (tertiary/aromatic N) is 1. The third kappa shape index (κ3) is 6.60. The van der Waals surface area contributed by atoms with Gasteiger partial charge in [-0.05, 0) is 54.7 Å². The van der Waals surface area contributed by atoms with E-state index in [0.29, 0.717) is 5.92 Å². The molecule has 0 saturated heterocycles. The monoisotopic (exact) mass is 766 g/mol. The molecule has 1 radical (unpaired) electrons. The smallest absolute Gasteiger partial charge is 0.161 e. The van der Waals surface area contributed by atoms with Crippen LogP contribution in [0.4, 0.5) is 0 Å². The zero-order valence-corrected chi connectivity index (χ0v) is 28.8. The number of aliphatic hydroxyl groups is 1. The average molecular weight is 766 g/mol. The summed E-state index contributed by atoms with van der Waals surface area (Å²) in [5.41, 5.74) is 9.78. The molecule has 1 atom stereocenters. The molecule has 4 nitrogen and oxygen atoms in total. The fourth-order valence-electron chi connectivity index (χ4n) is 6.43. The van der Waals surface area contributed by atoms with E-state index in [1.807, 2.05) is 33.8 Å². The molecular weight excluding hydrogens is 723 g/mol. The summed E-state index contributed by atoms with van der Waals surface area (Å²) >= 11 is 0. The van der Waals surface area contributed by atoms with Crippen LogP contribution in [0.25, 0.3) is 32.8 Å². The average Bonchev–Trinajstić information content (AvgIpc) is 3.55. The van der Waals surface area contributed by atoms with Crippen LogP contribution < -0.4 is 0 Å². The van der Waals surface area contributed by atoms with E-state index in [9.17, 15) is 9.90 Å². The van der Waals surface area contributed by atoms with Gasteiger partial charge in [0.05, 0.1) is 5.76 Å². The SMILES string of the molecule is CC(C)C(=O)/C=C(\O)C(C)C.Cc1[c-]c(C2[N-]C=C(C3CC3)c3cc(C4CCCC4)ccc32)c2oc3ccccc3c2c1.[Ir]. The third-order valence-corrected chi connectivity index (χ3v) is 9.18. The van der Waals surface area contributed by atoms with Crippen LogP contribution in [0.1, 0.15) is 106 Å². The summed E-state index contributed by atoms with van der Waals surface area (Å²) in [5, 5.41) is 16.6. The second-order valence-corrected chi connectivity index (χ2v) is 13.2. The molecule has 1 aliphatic heterocycles. The van der Waals surface area contributed by atoms with Crippen molar-refractivity contribution in [2.24, 2.45) is 17.8 Å². The van der Waals surface area contributed by atoms with Crippen LogP contribution in [-0.2, 0) is 24.9 Å². The van der Waals surface area contributed by atoms with Crippen LogP contribution >= 0.6 is 0 Å². The summed E-state index contributed by atoms with van der Waals surface area (Å²) < 4.78 is 6.39. The van der Waals surface area contributed by atoms with Gasteiger partial charge < -0.3 is 14.8 Å². The first-order valence-corrected chi connectivity index (χ1v) is 16.0. The maximum Gasteiger partial charge on any atom is 0.161 e. The van der Waals surface area contributed by atoms with Crippen LogP contribution in [0.5, 0.6) is 0 Å². The number of rotatable bonds is 6. The van der Waals surface area contributed by atoms with E-state index in [-0.39, 0.29) is 49.5 Å². The Kier molecular flexibility index (Phi) is 9.87. The Balaban J connectivity index is 0.000000278. The van der Waals surface area contributed by atoms with Gasteiger partial charge in [-0.1, -0.05) is 106 Å². The van der Waals surface area contributed by atoms with E-state index in [0.717, 1.165) is 28.2 Å². The van der Waals surface area contributed by atoms with Crippen LogP contribution in [0, 0.1) is 30.7 Å². The van der Waals surface area contributed by atoms with Gasteiger partial charge in [-0.25, -0.2) is 0 Å². The second kappa shape index (κ2) is 13.5. The van der Waals surface area contributed by atoms with E-state index >= 15 is 0 Å². The molecule has 0 bridgehead atoms. The van der Waals surface area contributed by atoms with Crippen molar-refractivity contribution in [2.75, 3.05) is 0 Å². The maximum absolute atomic E-state index is 11.0. The van der Waals surface area contributed by atoms with E-state index < -0.39 is 0 Å². The van der Waals surface area contributed by atoms with Crippen LogP contribution in [-0.4, -0.2) is 10.9 Å². The van der Waals surface area contributed by atoms with E-state index in [2.05, 4.69) is 61.7 Å². The molecule has 2 saturated carbocycles. The molecule has 1 N–H and O–H groups in total. The number of aryl methyl sites for hydroxylation is 1. The van der Waals surface area contributed by atoms with Gasteiger partial charge in [0.15, 0.2) is 5.78 Å². The molecule has 7 rings (SSSR count). The summed E-state index contributed by atoms with van der Waals surface area (Å²) in [5.74, 6) is 1.57. The number of para-hydroxylation sites is 1. The first kappa shape index (κ1) is 32.3. The molecule has 0 amide bonds. The molecule has 2 fully saturated rings. The number of fused-ring (bicyclic) bond motifs is 4.